The molecule has 1 heterocycles. The molecule has 2 N–H and O–H groups in total. The van der Waals surface area contributed by atoms with Crippen molar-refractivity contribution in [3.05, 3.63) is 0 Å². The van der Waals surface area contributed by atoms with Crippen molar-refractivity contribution >= 4 is 18.4 Å². The van der Waals surface area contributed by atoms with Crippen molar-refractivity contribution in [3.8, 4) is 0 Å². The smallest absolute Gasteiger partial charge is 0.306 e. The number of rotatable bonds is 3. The van der Waals surface area contributed by atoms with Crippen LogP contribution in [-0.4, -0.2) is 43.7 Å². The highest BCUT2D eigenvalue weighted by atomic mass is 35.5. The molecule has 1 rings (SSSR count). The van der Waals surface area contributed by atoms with E-state index in [2.05, 4.69) is 23.5 Å². The minimum Gasteiger partial charge on any atom is -0.469 e. The van der Waals surface area contributed by atoms with Crippen LogP contribution in [0.15, 0.2) is 0 Å². The number of carbonyl (C=O) groups excluding carboxylic acids is 1. The molecule has 4 nitrogen and oxygen atoms in total. The van der Waals surface area contributed by atoms with Gasteiger partial charge in [-0.2, -0.15) is 0 Å². The fourth-order valence-electron chi connectivity index (χ4n) is 2.03. The molecule has 1 unspecified atom stereocenters. The number of likely N-dealkylation sites (tertiary alicyclic amines) is 1. The summed E-state index contributed by atoms with van der Waals surface area (Å²) < 4.78 is 4.62. The average Bonchev–Trinajstić information content (AvgIpc) is 2.19. The summed E-state index contributed by atoms with van der Waals surface area (Å²) in [6.07, 6.45) is 1.48. The van der Waals surface area contributed by atoms with Crippen LogP contribution in [0.5, 0.6) is 0 Å². The van der Waals surface area contributed by atoms with Crippen molar-refractivity contribution in [1.82, 2.24) is 4.90 Å². The highest BCUT2D eigenvalue weighted by Gasteiger charge is 2.33. The number of nitrogens with zero attached hydrogens (tertiary/aromatic N) is 1. The second kappa shape index (κ2) is 6.42. The number of hydrogen-bond donors (Lipinski definition) is 1. The molecule has 0 aliphatic carbocycles. The maximum Gasteiger partial charge on any atom is 0.306 e. The third kappa shape index (κ3) is 4.28. The first-order valence-corrected chi connectivity index (χ1v) is 5.50. The van der Waals surface area contributed by atoms with Crippen molar-refractivity contribution in [3.63, 3.8) is 0 Å². The zero-order valence-corrected chi connectivity index (χ0v) is 11.2. The van der Waals surface area contributed by atoms with Crippen LogP contribution in [-0.2, 0) is 9.53 Å². The number of nitrogens with two attached hydrogens (primary N) is 1. The lowest BCUT2D eigenvalue weighted by atomic mass is 9.80. The van der Waals surface area contributed by atoms with E-state index in [0.717, 1.165) is 26.1 Å². The molecular weight excluding hydrogens is 228 g/mol. The van der Waals surface area contributed by atoms with Crippen LogP contribution in [0, 0.1) is 5.41 Å². The molecule has 0 aromatic carbocycles. The molecule has 0 spiro atoms. The van der Waals surface area contributed by atoms with E-state index in [1.807, 2.05) is 0 Å². The number of esters is 1. The third-order valence-electron chi connectivity index (χ3n) is 3.25. The molecule has 0 amide bonds. The average molecular weight is 251 g/mol. The zero-order valence-electron chi connectivity index (χ0n) is 10.4. The van der Waals surface area contributed by atoms with Gasteiger partial charge in [0, 0.05) is 19.1 Å². The molecule has 1 atom stereocenters. The molecule has 1 saturated heterocycles. The summed E-state index contributed by atoms with van der Waals surface area (Å²) in [4.78, 5) is 13.3. The summed E-state index contributed by atoms with van der Waals surface area (Å²) in [7, 11) is 1.43. The van der Waals surface area contributed by atoms with E-state index in [1.54, 1.807) is 0 Å². The van der Waals surface area contributed by atoms with Crippen molar-refractivity contribution in [1.29, 1.82) is 0 Å². The molecule has 1 aliphatic heterocycles. The molecular formula is C11H23ClN2O2. The van der Waals surface area contributed by atoms with Crippen LogP contribution in [0.2, 0.25) is 0 Å². The normalized spacial score (nSPS) is 24.6. The Morgan fingerprint density at radius 2 is 2.19 bits per heavy atom. The number of halogens is 1. The van der Waals surface area contributed by atoms with E-state index in [-0.39, 0.29) is 29.8 Å². The van der Waals surface area contributed by atoms with Crippen molar-refractivity contribution in [2.24, 2.45) is 11.1 Å². The lowest BCUT2D eigenvalue weighted by Crippen LogP contribution is -2.52. The Morgan fingerprint density at radius 3 is 2.69 bits per heavy atom. The highest BCUT2D eigenvalue weighted by Crippen LogP contribution is 2.27. The van der Waals surface area contributed by atoms with Gasteiger partial charge in [-0.25, -0.2) is 0 Å². The highest BCUT2D eigenvalue weighted by molar-refractivity contribution is 5.85. The van der Waals surface area contributed by atoms with Crippen LogP contribution in [0.4, 0.5) is 0 Å². The molecule has 1 aliphatic rings. The Kier molecular flexibility index (Phi) is 6.30. The van der Waals surface area contributed by atoms with Gasteiger partial charge in [0.05, 0.1) is 13.5 Å². The van der Waals surface area contributed by atoms with Gasteiger partial charge in [-0.3, -0.25) is 4.79 Å². The fraction of sp³-hybridized carbons (Fsp3) is 0.909. The molecule has 96 valence electrons. The van der Waals surface area contributed by atoms with Crippen LogP contribution in [0.25, 0.3) is 0 Å². The summed E-state index contributed by atoms with van der Waals surface area (Å²) >= 11 is 0. The van der Waals surface area contributed by atoms with Gasteiger partial charge in [0.15, 0.2) is 0 Å². The van der Waals surface area contributed by atoms with Gasteiger partial charge < -0.3 is 15.4 Å². The van der Waals surface area contributed by atoms with E-state index in [0.29, 0.717) is 6.42 Å². The van der Waals surface area contributed by atoms with E-state index in [9.17, 15) is 4.79 Å². The van der Waals surface area contributed by atoms with Crippen molar-refractivity contribution in [2.45, 2.75) is 32.7 Å². The summed E-state index contributed by atoms with van der Waals surface area (Å²) in [5.74, 6) is -0.136. The molecule has 0 radical (unpaired) electrons. The van der Waals surface area contributed by atoms with Gasteiger partial charge in [-0.1, -0.05) is 13.8 Å². The summed E-state index contributed by atoms with van der Waals surface area (Å²) in [6, 6.07) is 0.270. The van der Waals surface area contributed by atoms with Crippen LogP contribution in [0.1, 0.15) is 26.7 Å². The SMILES string of the molecule is COC(=O)CCN1CCC(N)C(C)(C)C1.Cl. The van der Waals surface area contributed by atoms with Gasteiger partial charge in [-0.05, 0) is 18.4 Å². The lowest BCUT2D eigenvalue weighted by Gasteiger charge is -2.42. The second-order valence-corrected chi connectivity index (χ2v) is 4.99. The summed E-state index contributed by atoms with van der Waals surface area (Å²) in [5.41, 5.74) is 6.19. The predicted octanol–water partition coefficient (Wildman–Crippen LogP) is 1.03. The largest absolute Gasteiger partial charge is 0.469 e. The Bertz CT molecular complexity index is 234. The number of ether oxygens (including phenoxy) is 1. The topological polar surface area (TPSA) is 55.6 Å². The Balaban J connectivity index is 0.00000225. The third-order valence-corrected chi connectivity index (χ3v) is 3.25. The van der Waals surface area contributed by atoms with Crippen LogP contribution < -0.4 is 5.73 Å². The van der Waals surface area contributed by atoms with Crippen molar-refractivity contribution < 1.29 is 9.53 Å². The molecule has 1 fully saturated rings. The van der Waals surface area contributed by atoms with Gasteiger partial charge in [0.1, 0.15) is 0 Å². The van der Waals surface area contributed by atoms with Gasteiger partial charge in [0.2, 0.25) is 0 Å². The van der Waals surface area contributed by atoms with Gasteiger partial charge in [0.25, 0.3) is 0 Å². The van der Waals surface area contributed by atoms with E-state index < -0.39 is 0 Å². The number of hydrogen-bond acceptors (Lipinski definition) is 4. The van der Waals surface area contributed by atoms with Gasteiger partial charge in [-0.15, -0.1) is 12.4 Å². The number of methoxy groups -OCH3 is 1. The zero-order chi connectivity index (χ0) is 11.5. The standard InChI is InChI=1S/C11H22N2O2.ClH/c1-11(2)8-13(6-4-9(11)12)7-5-10(14)15-3;/h9H,4-8,12H2,1-3H3;1H. The second-order valence-electron chi connectivity index (χ2n) is 4.99. The summed E-state index contributed by atoms with van der Waals surface area (Å²) in [5, 5.41) is 0. The first kappa shape index (κ1) is 15.7. The lowest BCUT2D eigenvalue weighted by molar-refractivity contribution is -0.141. The van der Waals surface area contributed by atoms with Crippen LogP contribution >= 0.6 is 12.4 Å². The molecule has 0 bridgehead atoms. The minimum absolute atomic E-state index is 0. The first-order chi connectivity index (χ1) is 6.95. The molecule has 0 aromatic rings. The molecule has 0 aromatic heterocycles. The fourth-order valence-corrected chi connectivity index (χ4v) is 2.03. The summed E-state index contributed by atoms with van der Waals surface area (Å²) in [6.45, 7) is 7.10. The van der Waals surface area contributed by atoms with E-state index in [1.165, 1.54) is 7.11 Å². The van der Waals surface area contributed by atoms with E-state index in [4.69, 9.17) is 5.73 Å². The Hall–Kier alpha value is -0.320. The minimum atomic E-state index is -0.136. The van der Waals surface area contributed by atoms with E-state index >= 15 is 0 Å². The molecule has 16 heavy (non-hydrogen) atoms. The molecule has 0 saturated carbocycles. The maximum atomic E-state index is 11.0. The maximum absolute atomic E-state index is 11.0. The van der Waals surface area contributed by atoms with Gasteiger partial charge >= 0.3 is 5.97 Å². The monoisotopic (exact) mass is 250 g/mol. The Labute approximate surface area is 104 Å². The Morgan fingerprint density at radius 1 is 1.56 bits per heavy atom. The molecule has 5 heteroatoms. The van der Waals surface area contributed by atoms with Crippen LogP contribution in [0.3, 0.4) is 0 Å². The number of piperidine rings is 1. The van der Waals surface area contributed by atoms with Crippen molar-refractivity contribution in [2.75, 3.05) is 26.7 Å². The first-order valence-electron chi connectivity index (χ1n) is 5.50. The quantitative estimate of drug-likeness (QED) is 0.761. The predicted molar refractivity (Wildman–Crippen MR) is 66.7 cm³/mol. The number of carbonyl (C=O) groups is 1.